The molecule has 2 saturated heterocycles. The van der Waals surface area contributed by atoms with E-state index in [1.165, 1.54) is 5.56 Å². The minimum atomic E-state index is 0.0458. The Balaban J connectivity index is 1.18. The fourth-order valence-electron chi connectivity index (χ4n) is 4.73. The summed E-state index contributed by atoms with van der Waals surface area (Å²) in [5.74, 6) is 0.705. The number of carbonyl (C=O) groups is 2. The largest absolute Gasteiger partial charge is 0.340 e. The average Bonchev–Trinajstić information content (AvgIpc) is 2.88. The van der Waals surface area contributed by atoms with Gasteiger partial charge in [0.2, 0.25) is 11.8 Å². The summed E-state index contributed by atoms with van der Waals surface area (Å²) in [6, 6.07) is 14.3. The van der Waals surface area contributed by atoms with Gasteiger partial charge in [-0.15, -0.1) is 0 Å². The van der Waals surface area contributed by atoms with Crippen molar-refractivity contribution in [2.75, 3.05) is 39.3 Å². The molecule has 0 radical (unpaired) electrons. The van der Waals surface area contributed by atoms with Crippen molar-refractivity contribution < 1.29 is 9.59 Å². The number of hydrogen-bond acceptors (Lipinski definition) is 4. The van der Waals surface area contributed by atoms with E-state index in [-0.39, 0.29) is 11.8 Å². The summed E-state index contributed by atoms with van der Waals surface area (Å²) in [6.07, 6.45) is 10.5. The van der Waals surface area contributed by atoms with Crippen molar-refractivity contribution in [1.82, 2.24) is 19.7 Å². The molecule has 0 saturated carbocycles. The molecular weight excluding hydrogens is 412 g/mol. The van der Waals surface area contributed by atoms with Gasteiger partial charge < -0.3 is 9.80 Å². The lowest BCUT2D eigenvalue weighted by Crippen LogP contribution is -2.48. The third-order valence-electron chi connectivity index (χ3n) is 6.67. The van der Waals surface area contributed by atoms with Gasteiger partial charge in [0.15, 0.2) is 0 Å². The van der Waals surface area contributed by atoms with E-state index in [9.17, 15) is 9.59 Å². The van der Waals surface area contributed by atoms with Crippen LogP contribution >= 0.6 is 0 Å². The van der Waals surface area contributed by atoms with E-state index < -0.39 is 0 Å². The number of hydrogen-bond donors (Lipinski definition) is 0. The molecule has 3 heterocycles. The highest BCUT2D eigenvalue weighted by Crippen LogP contribution is 2.22. The number of pyridine rings is 1. The number of benzene rings is 1. The maximum Gasteiger partial charge on any atom is 0.246 e. The number of nitrogens with zero attached hydrogens (tertiary/aromatic N) is 4. The molecule has 0 bridgehead atoms. The molecule has 2 fully saturated rings. The minimum Gasteiger partial charge on any atom is -0.340 e. The quantitative estimate of drug-likeness (QED) is 0.612. The number of carbonyl (C=O) groups excluding carboxylic acids is 2. The first-order valence-corrected chi connectivity index (χ1v) is 12.1. The lowest BCUT2D eigenvalue weighted by atomic mass is 9.93. The van der Waals surface area contributed by atoms with Gasteiger partial charge in [0.05, 0.1) is 0 Å². The second kappa shape index (κ2) is 11.8. The van der Waals surface area contributed by atoms with Gasteiger partial charge >= 0.3 is 0 Å². The molecule has 174 valence electrons. The van der Waals surface area contributed by atoms with Gasteiger partial charge in [-0.05, 0) is 48.4 Å². The smallest absolute Gasteiger partial charge is 0.246 e. The predicted molar refractivity (Wildman–Crippen MR) is 130 cm³/mol. The van der Waals surface area contributed by atoms with Crippen molar-refractivity contribution in [3.05, 3.63) is 72.1 Å². The fraction of sp³-hybridized carbons (Fsp3) is 0.444. The second-order valence-electron chi connectivity index (χ2n) is 9.09. The Morgan fingerprint density at radius 1 is 0.970 bits per heavy atom. The van der Waals surface area contributed by atoms with Crippen LogP contribution in [0.1, 0.15) is 36.8 Å². The van der Waals surface area contributed by atoms with Crippen LogP contribution in [0.2, 0.25) is 0 Å². The van der Waals surface area contributed by atoms with E-state index in [2.05, 4.69) is 34.1 Å². The average molecular weight is 447 g/mol. The Kier molecular flexibility index (Phi) is 8.25. The molecule has 6 nitrogen and oxygen atoms in total. The zero-order valence-electron chi connectivity index (χ0n) is 19.3. The number of piperazine rings is 1. The number of amides is 2. The van der Waals surface area contributed by atoms with Crippen molar-refractivity contribution in [1.29, 1.82) is 0 Å². The highest BCUT2D eigenvalue weighted by Gasteiger charge is 2.25. The van der Waals surface area contributed by atoms with Crippen LogP contribution in [0.15, 0.2) is 60.9 Å². The van der Waals surface area contributed by atoms with Gasteiger partial charge in [-0.2, -0.15) is 0 Å². The van der Waals surface area contributed by atoms with Crippen LogP contribution in [0.4, 0.5) is 0 Å². The fourth-order valence-corrected chi connectivity index (χ4v) is 4.73. The van der Waals surface area contributed by atoms with E-state index in [0.29, 0.717) is 12.3 Å². The minimum absolute atomic E-state index is 0.0458. The van der Waals surface area contributed by atoms with Gasteiger partial charge in [0.1, 0.15) is 0 Å². The maximum absolute atomic E-state index is 12.8. The number of aromatic nitrogens is 1. The first kappa shape index (κ1) is 23.2. The van der Waals surface area contributed by atoms with E-state index in [1.807, 2.05) is 34.1 Å². The third kappa shape index (κ3) is 6.99. The summed E-state index contributed by atoms with van der Waals surface area (Å²) < 4.78 is 0. The molecule has 0 N–H and O–H groups in total. The van der Waals surface area contributed by atoms with Gasteiger partial charge in [-0.25, -0.2) is 0 Å². The molecule has 0 aliphatic carbocycles. The number of likely N-dealkylation sites (tertiary alicyclic amines) is 1. The van der Waals surface area contributed by atoms with Gasteiger partial charge in [-0.1, -0.05) is 36.4 Å². The SMILES string of the molecule is O=C(/C=C/c1cccnc1)N1CCC[C@H](CCC(=O)N2CCN(Cc3ccccc3)CC2)C1. The molecule has 2 aliphatic heterocycles. The van der Waals surface area contributed by atoms with E-state index >= 15 is 0 Å². The Hall–Kier alpha value is -2.99. The van der Waals surface area contributed by atoms with Crippen LogP contribution in [0.5, 0.6) is 0 Å². The summed E-state index contributed by atoms with van der Waals surface area (Å²) in [5.41, 5.74) is 2.25. The molecule has 2 aliphatic rings. The lowest BCUT2D eigenvalue weighted by Gasteiger charge is -2.36. The van der Waals surface area contributed by atoms with Crippen molar-refractivity contribution in [3.8, 4) is 0 Å². The number of rotatable bonds is 7. The Morgan fingerprint density at radius 3 is 2.55 bits per heavy atom. The molecular formula is C27H34N4O2. The van der Waals surface area contributed by atoms with Crippen LogP contribution in [0, 0.1) is 5.92 Å². The highest BCUT2D eigenvalue weighted by molar-refractivity contribution is 5.91. The van der Waals surface area contributed by atoms with E-state index in [0.717, 1.165) is 70.6 Å². The van der Waals surface area contributed by atoms with Crippen molar-refractivity contribution in [2.24, 2.45) is 5.92 Å². The normalized spacial score (nSPS) is 19.7. The molecule has 2 aromatic rings. The third-order valence-corrected chi connectivity index (χ3v) is 6.67. The summed E-state index contributed by atoms with van der Waals surface area (Å²) in [5, 5.41) is 0. The monoisotopic (exact) mass is 446 g/mol. The molecule has 4 rings (SSSR count). The summed E-state index contributed by atoms with van der Waals surface area (Å²) in [7, 11) is 0. The lowest BCUT2D eigenvalue weighted by molar-refractivity contribution is -0.133. The molecule has 1 aromatic carbocycles. The molecule has 33 heavy (non-hydrogen) atoms. The number of piperidine rings is 1. The zero-order valence-corrected chi connectivity index (χ0v) is 19.3. The van der Waals surface area contributed by atoms with Gasteiger partial charge in [0.25, 0.3) is 0 Å². The molecule has 2 amide bonds. The van der Waals surface area contributed by atoms with Crippen molar-refractivity contribution >= 4 is 17.9 Å². The Morgan fingerprint density at radius 2 is 1.79 bits per heavy atom. The van der Waals surface area contributed by atoms with Crippen LogP contribution in [-0.2, 0) is 16.1 Å². The molecule has 0 spiro atoms. The predicted octanol–water partition coefficient (Wildman–Crippen LogP) is 3.46. The first-order valence-electron chi connectivity index (χ1n) is 12.1. The Labute approximate surface area is 196 Å². The second-order valence-corrected chi connectivity index (χ2v) is 9.09. The first-order chi connectivity index (χ1) is 16.2. The molecule has 6 heteroatoms. The van der Waals surface area contributed by atoms with E-state index in [1.54, 1.807) is 18.5 Å². The summed E-state index contributed by atoms with van der Waals surface area (Å²) >= 11 is 0. The summed E-state index contributed by atoms with van der Waals surface area (Å²) in [4.78, 5) is 35.8. The van der Waals surface area contributed by atoms with Gasteiger partial charge in [-0.3, -0.25) is 19.5 Å². The Bertz CT molecular complexity index is 924. The molecule has 1 aromatic heterocycles. The maximum atomic E-state index is 12.8. The van der Waals surface area contributed by atoms with Crippen LogP contribution in [0.25, 0.3) is 6.08 Å². The molecule has 0 unspecified atom stereocenters. The topological polar surface area (TPSA) is 56.8 Å². The zero-order chi connectivity index (χ0) is 22.9. The van der Waals surface area contributed by atoms with Crippen molar-refractivity contribution in [3.63, 3.8) is 0 Å². The van der Waals surface area contributed by atoms with Crippen LogP contribution < -0.4 is 0 Å². The van der Waals surface area contributed by atoms with Gasteiger partial charge in [0, 0.05) is 70.7 Å². The van der Waals surface area contributed by atoms with Crippen LogP contribution in [0.3, 0.4) is 0 Å². The van der Waals surface area contributed by atoms with Crippen LogP contribution in [-0.4, -0.2) is 70.8 Å². The van der Waals surface area contributed by atoms with Crippen molar-refractivity contribution in [2.45, 2.75) is 32.2 Å². The summed E-state index contributed by atoms with van der Waals surface area (Å²) in [6.45, 7) is 5.95. The van der Waals surface area contributed by atoms with E-state index in [4.69, 9.17) is 0 Å². The standard InChI is InChI=1S/C27H34N4O2/c32-26(30-18-16-29(17-19-30)21-24-6-2-1-3-7-24)13-11-25-9-5-15-31(22-25)27(33)12-10-23-8-4-14-28-20-23/h1-4,6-8,10,12,14,20,25H,5,9,11,13,15-19,21-22H2/b12-10+/t25-/m1/s1. The highest BCUT2D eigenvalue weighted by atomic mass is 16.2. The molecule has 1 atom stereocenters.